The molecule has 2 aromatic heterocycles. The highest BCUT2D eigenvalue weighted by atomic mass is 19.1. The molecule has 4 aromatic carbocycles. The summed E-state index contributed by atoms with van der Waals surface area (Å²) >= 11 is 0. The van der Waals surface area contributed by atoms with E-state index < -0.39 is 42.8 Å². The summed E-state index contributed by atoms with van der Waals surface area (Å²) in [6.45, 7) is 7.74. The van der Waals surface area contributed by atoms with Crippen LogP contribution in [0.25, 0.3) is 21.9 Å². The number of halogens is 1. The molecular weight excluding hydrogens is 743 g/mol. The van der Waals surface area contributed by atoms with Crippen molar-refractivity contribution in [2.75, 3.05) is 21.4 Å². The fraction of sp³-hybridized carbons (Fsp3) is 0.171. The van der Waals surface area contributed by atoms with Gasteiger partial charge in [-0.2, -0.15) is 0 Å². The highest BCUT2D eigenvalue weighted by molar-refractivity contribution is 6.01. The van der Waals surface area contributed by atoms with Crippen molar-refractivity contribution in [3.8, 4) is 0 Å². The number of carbonyl (C=O) groups is 6. The summed E-state index contributed by atoms with van der Waals surface area (Å²) in [6.07, 6.45) is 0. The van der Waals surface area contributed by atoms with Crippen LogP contribution in [0.4, 0.5) is 4.39 Å². The summed E-state index contributed by atoms with van der Waals surface area (Å²) in [6, 6.07) is 22.6. The van der Waals surface area contributed by atoms with Gasteiger partial charge in [0.05, 0.1) is 39.4 Å². The Hall–Kier alpha value is -7.33. The number of furan rings is 2. The van der Waals surface area contributed by atoms with Crippen LogP contribution in [0.5, 0.6) is 0 Å². The van der Waals surface area contributed by atoms with Gasteiger partial charge >= 0.3 is 29.7 Å². The third-order valence-corrected chi connectivity index (χ3v) is 8.19. The molecule has 0 radical (unpaired) electrons. The number of esters is 2. The van der Waals surface area contributed by atoms with Gasteiger partial charge in [0.15, 0.2) is 11.5 Å². The zero-order chi connectivity index (χ0) is 43.1. The van der Waals surface area contributed by atoms with E-state index in [4.69, 9.17) is 21.2 Å². The van der Waals surface area contributed by atoms with Crippen LogP contribution in [0.1, 0.15) is 86.2 Å². The normalized spacial score (nSPS) is 10.2. The van der Waals surface area contributed by atoms with Crippen LogP contribution in [-0.4, -0.2) is 62.1 Å². The number of carbonyl (C=O) groups excluding carboxylic acids is 5. The molecule has 0 saturated heterocycles. The van der Waals surface area contributed by atoms with Gasteiger partial charge in [-0.05, 0) is 111 Å². The van der Waals surface area contributed by atoms with Crippen LogP contribution in [-0.2, 0) is 9.47 Å². The van der Waals surface area contributed by atoms with Crippen molar-refractivity contribution in [2.45, 2.75) is 27.7 Å². The number of aromatic carboxylic acids is 1. The molecule has 2 heterocycles. The van der Waals surface area contributed by atoms with E-state index in [0.29, 0.717) is 16.7 Å². The lowest BCUT2D eigenvalue weighted by Crippen LogP contribution is -2.41. The summed E-state index contributed by atoms with van der Waals surface area (Å²) in [5.74, 6) is 1.89. The molecule has 298 valence electrons. The van der Waals surface area contributed by atoms with E-state index in [-0.39, 0.29) is 22.6 Å². The molecular formula is C41H41FN4O11. The van der Waals surface area contributed by atoms with E-state index in [1.165, 1.54) is 62.8 Å². The number of hydrogen-bond acceptors (Lipinski definition) is 11. The van der Waals surface area contributed by atoms with Crippen molar-refractivity contribution in [1.82, 2.24) is 16.3 Å². The largest absolute Gasteiger partial charge is 0.478 e. The molecule has 0 bridgehead atoms. The van der Waals surface area contributed by atoms with E-state index in [1.54, 1.807) is 12.1 Å². The number of methoxy groups -OCH3 is 2. The van der Waals surface area contributed by atoms with Crippen LogP contribution in [0.3, 0.4) is 0 Å². The Morgan fingerprint density at radius 1 is 0.596 bits per heavy atom. The number of aryl methyl sites for hydroxylation is 4. The average molecular weight is 786 g/mol. The summed E-state index contributed by atoms with van der Waals surface area (Å²) in [5.41, 5.74) is 13.2. The third-order valence-electron chi connectivity index (χ3n) is 8.19. The quantitative estimate of drug-likeness (QED) is 0.0541. The van der Waals surface area contributed by atoms with E-state index in [9.17, 15) is 33.2 Å². The minimum Gasteiger partial charge on any atom is -0.478 e. The Labute approximate surface area is 327 Å². The van der Waals surface area contributed by atoms with E-state index in [1.807, 2.05) is 57.4 Å². The molecule has 3 amide bonds. The summed E-state index contributed by atoms with van der Waals surface area (Å²) in [4.78, 5) is 68.4. The zero-order valence-corrected chi connectivity index (χ0v) is 31.8. The van der Waals surface area contributed by atoms with Gasteiger partial charge in [0.25, 0.3) is 5.91 Å². The first-order valence-electron chi connectivity index (χ1n) is 17.4. The lowest BCUT2D eigenvalue weighted by Gasteiger charge is -2.06. The lowest BCUT2D eigenvalue weighted by molar-refractivity contribution is 0.0591. The van der Waals surface area contributed by atoms with E-state index >= 15 is 0 Å². The first-order chi connectivity index (χ1) is 27.6. The number of rotatable bonds is 6. The molecule has 15 nitrogen and oxygen atoms in total. The number of carboxylic acid groups (broad SMARTS) is 1. The Bertz CT molecular complexity index is 2350. The number of alkyl halides is 1. The molecule has 6 rings (SSSR count). The molecule has 57 heavy (non-hydrogen) atoms. The highest BCUT2D eigenvalue weighted by Gasteiger charge is 2.17. The monoisotopic (exact) mass is 785 g/mol. The van der Waals surface area contributed by atoms with Gasteiger partial charge in [0.2, 0.25) is 0 Å². The number of nitrogens with one attached hydrogen (secondary N) is 3. The van der Waals surface area contributed by atoms with Gasteiger partial charge in [0.1, 0.15) is 11.2 Å². The molecule has 16 heteroatoms. The molecule has 0 aliphatic heterocycles. The predicted molar refractivity (Wildman–Crippen MR) is 208 cm³/mol. The summed E-state index contributed by atoms with van der Waals surface area (Å²) in [5, 5.41) is 10.4. The van der Waals surface area contributed by atoms with Crippen molar-refractivity contribution < 1.29 is 57.9 Å². The molecule has 0 spiro atoms. The van der Waals surface area contributed by atoms with Crippen molar-refractivity contribution in [3.05, 3.63) is 141 Å². The van der Waals surface area contributed by atoms with Crippen molar-refractivity contribution in [2.24, 2.45) is 5.84 Å². The molecule has 0 fully saturated rings. The number of hydrogen-bond donors (Lipinski definition) is 5. The highest BCUT2D eigenvalue weighted by Crippen LogP contribution is 2.27. The lowest BCUT2D eigenvalue weighted by atomic mass is 10.1. The Kier molecular flexibility index (Phi) is 15.2. The van der Waals surface area contributed by atoms with Gasteiger partial charge in [-0.3, -0.25) is 35.1 Å². The molecule has 6 N–H and O–H groups in total. The Morgan fingerprint density at radius 3 is 1.32 bits per heavy atom. The molecule has 0 aliphatic carbocycles. The fourth-order valence-electron chi connectivity index (χ4n) is 5.07. The Morgan fingerprint density at radius 2 is 0.947 bits per heavy atom. The standard InChI is InChI=1S/C20H18N2O5.C11H12N2O2.C9H8O4.CH3F/c1-11-4-5-12(2)17-15(11)10-16(27-17)19(24)22-21-18(23)13-6-8-14(9-7-13)20(25)26-3;1-6-3-4-7(2)10-8(6)5-9(15-10)11(14)13-12;1-13-9(12)7-4-2-6(3-5-7)8(10)11;1-2/h4-10H,1-3H3,(H,21,23)(H,22,24);3-5H,12H2,1-2H3,(H,13,14);2-5H,1H3,(H,10,11);1H3/i;;;1D. The number of nitrogen functional groups attached to an aromatic ring is 1. The van der Waals surface area contributed by atoms with Crippen molar-refractivity contribution in [1.29, 1.82) is 0 Å². The van der Waals surface area contributed by atoms with Crippen LogP contribution < -0.4 is 22.1 Å². The minimum atomic E-state index is -1.02. The molecule has 0 aliphatic rings. The minimum absolute atomic E-state index is 0.101. The number of hydrazine groups is 2. The first kappa shape index (κ1) is 42.4. The van der Waals surface area contributed by atoms with E-state index in [0.717, 1.165) is 38.6 Å². The maximum absolute atomic E-state index is 12.3. The zero-order valence-electron chi connectivity index (χ0n) is 32.8. The molecule has 0 atom stereocenters. The number of carboxylic acids is 1. The van der Waals surface area contributed by atoms with Crippen LogP contribution in [0.15, 0.2) is 93.8 Å². The number of benzene rings is 4. The average Bonchev–Trinajstić information content (AvgIpc) is 3.91. The van der Waals surface area contributed by atoms with Gasteiger partial charge < -0.3 is 23.4 Å². The second-order valence-corrected chi connectivity index (χ2v) is 11.9. The third kappa shape index (κ3) is 11.1. The maximum Gasteiger partial charge on any atom is 0.337 e. The van der Waals surface area contributed by atoms with E-state index in [2.05, 4.69) is 20.3 Å². The van der Waals surface area contributed by atoms with Gasteiger partial charge in [0, 0.05) is 16.3 Å². The van der Waals surface area contributed by atoms with Gasteiger partial charge in [-0.25, -0.2) is 20.2 Å². The first-order valence-corrected chi connectivity index (χ1v) is 16.7. The summed E-state index contributed by atoms with van der Waals surface area (Å²) in [7, 11) is 1.55. The van der Waals surface area contributed by atoms with Crippen LogP contribution in [0.2, 0.25) is 0 Å². The number of nitrogens with two attached hydrogens (primary N) is 1. The van der Waals surface area contributed by atoms with Crippen LogP contribution >= 0.6 is 0 Å². The second kappa shape index (κ2) is 20.4. The smallest absolute Gasteiger partial charge is 0.337 e. The van der Waals surface area contributed by atoms with Crippen molar-refractivity contribution >= 4 is 57.6 Å². The fourth-order valence-corrected chi connectivity index (χ4v) is 5.07. The molecule has 0 unspecified atom stereocenters. The predicted octanol–water partition coefficient (Wildman–Crippen LogP) is 6.32. The van der Waals surface area contributed by atoms with Gasteiger partial charge in [-0.1, -0.05) is 24.3 Å². The Balaban J connectivity index is 0.000000245. The number of amides is 3. The molecule has 0 saturated carbocycles. The summed E-state index contributed by atoms with van der Waals surface area (Å²) < 4.78 is 35.6. The number of fused-ring (bicyclic) bond motifs is 2. The number of ether oxygens (including phenoxy) is 2. The van der Waals surface area contributed by atoms with Crippen molar-refractivity contribution in [3.63, 3.8) is 0 Å². The van der Waals surface area contributed by atoms with Gasteiger partial charge in [-0.15, -0.1) is 0 Å². The van der Waals surface area contributed by atoms with Crippen LogP contribution in [0, 0.1) is 27.7 Å². The topological polar surface area (TPSA) is 230 Å². The SMILES string of the molecule is COC(=O)c1ccc(C(=O)NNC(=O)c2cc3c(C)ccc(C)c3o2)cc1.COC(=O)c1ccc(C(=O)O)cc1.Cc1ccc(C)c2oc(C(=O)NN)cc12.[2H]CF. The maximum atomic E-state index is 12.3. The second-order valence-electron chi connectivity index (χ2n) is 11.9. The molecule has 6 aromatic rings.